The number of nitrogens with zero attached hydrogens (tertiary/aromatic N) is 2. The van der Waals surface area contributed by atoms with Crippen molar-refractivity contribution in [1.82, 2.24) is 0 Å². The monoisotopic (exact) mass is 1010 g/mol. The first-order chi connectivity index (χ1) is 39.2. The zero-order valence-electron chi connectivity index (χ0n) is 44.3. The maximum absolute atomic E-state index is 2.52. The molecule has 2 heteroatoms. The Morgan fingerprint density at radius 1 is 0.278 bits per heavy atom. The van der Waals surface area contributed by atoms with Crippen molar-refractivity contribution >= 4 is 44.9 Å². The molecule has 79 heavy (non-hydrogen) atoms. The van der Waals surface area contributed by atoms with Crippen molar-refractivity contribution < 1.29 is 0 Å². The van der Waals surface area contributed by atoms with Crippen LogP contribution >= 0.6 is 0 Å². The summed E-state index contributed by atoms with van der Waals surface area (Å²) in [6.45, 7) is 0. The second kappa shape index (κ2) is 20.8. The van der Waals surface area contributed by atoms with E-state index < -0.39 is 5.41 Å². The van der Waals surface area contributed by atoms with Crippen LogP contribution in [0.2, 0.25) is 0 Å². The number of benzene rings is 12. The third kappa shape index (κ3) is 8.71. The van der Waals surface area contributed by atoms with Crippen molar-refractivity contribution in [3.63, 3.8) is 0 Å². The van der Waals surface area contributed by atoms with Crippen LogP contribution in [0.4, 0.5) is 34.1 Å². The smallest absolute Gasteiger partial charge is 0.0714 e. The maximum Gasteiger partial charge on any atom is 0.0714 e. The molecule has 14 rings (SSSR count). The summed E-state index contributed by atoms with van der Waals surface area (Å²) in [5, 5.41) is 2.39. The Hall–Kier alpha value is -9.50. The van der Waals surface area contributed by atoms with Gasteiger partial charge in [0.1, 0.15) is 0 Å². The zero-order valence-corrected chi connectivity index (χ0v) is 44.3. The van der Waals surface area contributed by atoms with Crippen molar-refractivity contribution in [1.29, 1.82) is 0 Å². The van der Waals surface area contributed by atoms with E-state index in [-0.39, 0.29) is 0 Å². The van der Waals surface area contributed by atoms with Crippen LogP contribution in [0.25, 0.3) is 55.3 Å². The predicted molar refractivity (Wildman–Crippen MR) is 333 cm³/mol. The lowest BCUT2D eigenvalue weighted by Crippen LogP contribution is -2.28. The highest BCUT2D eigenvalue weighted by molar-refractivity contribution is 5.99. The molecule has 2 nitrogen and oxygen atoms in total. The first kappa shape index (κ1) is 47.9. The van der Waals surface area contributed by atoms with Crippen LogP contribution in [0.1, 0.15) is 65.8 Å². The van der Waals surface area contributed by atoms with Gasteiger partial charge in [0.15, 0.2) is 0 Å². The molecule has 0 spiro atoms. The van der Waals surface area contributed by atoms with Crippen LogP contribution in [0.15, 0.2) is 297 Å². The maximum atomic E-state index is 2.52. The number of rotatable bonds is 12. The summed E-state index contributed by atoms with van der Waals surface area (Å²) in [5.74, 6) is 0.604. The van der Waals surface area contributed by atoms with E-state index in [1.165, 1.54) is 110 Å². The minimum atomic E-state index is -0.584. The Labute approximate surface area is 465 Å². The molecule has 0 saturated heterocycles. The normalized spacial score (nSPS) is 13.6. The Kier molecular flexibility index (Phi) is 12.6. The van der Waals surface area contributed by atoms with Crippen molar-refractivity contribution in [2.75, 3.05) is 9.80 Å². The van der Waals surface area contributed by atoms with E-state index in [1.807, 2.05) is 0 Å². The Morgan fingerprint density at radius 2 is 0.747 bits per heavy atom. The van der Waals surface area contributed by atoms with Gasteiger partial charge in [-0.15, -0.1) is 0 Å². The minimum absolute atomic E-state index is 0.584. The average molecular weight is 1010 g/mol. The van der Waals surface area contributed by atoms with Gasteiger partial charge in [0.25, 0.3) is 0 Å². The van der Waals surface area contributed by atoms with E-state index in [0.29, 0.717) is 5.92 Å². The molecule has 0 radical (unpaired) electrons. The van der Waals surface area contributed by atoms with Gasteiger partial charge in [-0.05, 0) is 169 Å². The Morgan fingerprint density at radius 3 is 1.38 bits per heavy atom. The summed E-state index contributed by atoms with van der Waals surface area (Å²) in [4.78, 5) is 4.99. The lowest BCUT2D eigenvalue weighted by Gasteiger charge is -2.35. The number of hydrogen-bond donors (Lipinski definition) is 0. The zero-order chi connectivity index (χ0) is 52.5. The van der Waals surface area contributed by atoms with Crippen molar-refractivity contribution in [3.05, 3.63) is 325 Å². The van der Waals surface area contributed by atoms with Crippen LogP contribution in [-0.2, 0) is 5.41 Å². The molecule has 0 aliphatic heterocycles. The molecule has 12 aromatic carbocycles. The molecular formula is C77H60N2. The SMILES string of the molecule is c1ccc(-c2cccc(-c3ccccc3)c2-c2cc(N(c3ccccc3)c3ccc(C4CCCCC4)cc3)cc(N(c3ccc4c(c3)C(c3ccccc3)(c3ccccc3)c3ccccc3-4)c3ccc4ccccc4c3)c2)cc1. The van der Waals surface area contributed by atoms with Gasteiger partial charge in [0.2, 0.25) is 0 Å². The van der Waals surface area contributed by atoms with Gasteiger partial charge in [-0.2, -0.15) is 0 Å². The number of anilines is 6. The van der Waals surface area contributed by atoms with Gasteiger partial charge in [0.05, 0.1) is 5.41 Å². The Bertz CT molecular complexity index is 3990. The van der Waals surface area contributed by atoms with Crippen molar-refractivity contribution in [2.24, 2.45) is 0 Å². The molecule has 0 aromatic heterocycles. The molecule has 0 N–H and O–H groups in total. The van der Waals surface area contributed by atoms with Gasteiger partial charge in [-0.3, -0.25) is 0 Å². The number of hydrogen-bond acceptors (Lipinski definition) is 2. The lowest BCUT2D eigenvalue weighted by molar-refractivity contribution is 0.443. The summed E-state index contributed by atoms with van der Waals surface area (Å²) >= 11 is 0. The largest absolute Gasteiger partial charge is 0.310 e. The van der Waals surface area contributed by atoms with E-state index in [2.05, 4.69) is 307 Å². The molecule has 1 fully saturated rings. The van der Waals surface area contributed by atoms with Crippen LogP contribution < -0.4 is 9.80 Å². The first-order valence-corrected chi connectivity index (χ1v) is 28.2. The van der Waals surface area contributed by atoms with Gasteiger partial charge >= 0.3 is 0 Å². The number of para-hydroxylation sites is 1. The van der Waals surface area contributed by atoms with Gasteiger partial charge in [-0.25, -0.2) is 0 Å². The lowest BCUT2D eigenvalue weighted by atomic mass is 9.67. The van der Waals surface area contributed by atoms with Gasteiger partial charge in [-0.1, -0.05) is 250 Å². The molecule has 0 unspecified atom stereocenters. The van der Waals surface area contributed by atoms with E-state index in [0.717, 1.165) is 39.7 Å². The molecule has 12 aromatic rings. The first-order valence-electron chi connectivity index (χ1n) is 28.2. The fourth-order valence-electron chi connectivity index (χ4n) is 13.3. The summed E-state index contributed by atoms with van der Waals surface area (Å²) in [5.41, 5.74) is 21.9. The third-order valence-electron chi connectivity index (χ3n) is 16.9. The van der Waals surface area contributed by atoms with Crippen LogP contribution in [0.3, 0.4) is 0 Å². The average Bonchev–Trinajstić information content (AvgIpc) is 4.10. The summed E-state index contributed by atoms with van der Waals surface area (Å²) < 4.78 is 0. The highest BCUT2D eigenvalue weighted by atomic mass is 15.2. The standard InChI is InChI=1S/C77H60N2/c1-7-24-55(25-8-1)57-42-45-65(46-43-57)78(64-36-17-6-18-37-64)68-51-61(76-70(58-27-9-2-10-28-58)39-23-40-71(76)59-29-11-3-12-30-59)52-69(53-68)79(66-47-44-56-26-19-20-31-60(56)50-66)67-48-49-73-72-38-21-22-41-74(72)77(75(73)54-67,62-32-13-4-14-33-62)63-34-15-5-16-35-63/h2-6,9-23,26-55H,1,7-8,24-25H2. The van der Waals surface area contributed by atoms with Crippen LogP contribution in [-0.4, -0.2) is 0 Å². The number of fused-ring (bicyclic) bond motifs is 4. The molecule has 1 saturated carbocycles. The van der Waals surface area contributed by atoms with Crippen LogP contribution in [0, 0.1) is 0 Å². The predicted octanol–water partition coefficient (Wildman–Crippen LogP) is 21.2. The summed E-state index contributed by atoms with van der Waals surface area (Å²) in [6, 6.07) is 111. The molecule has 378 valence electrons. The molecular weight excluding hydrogens is 953 g/mol. The fraction of sp³-hybridized carbons (Fsp3) is 0.0909. The fourth-order valence-corrected chi connectivity index (χ4v) is 13.3. The minimum Gasteiger partial charge on any atom is -0.310 e. The van der Waals surface area contributed by atoms with Crippen LogP contribution in [0.5, 0.6) is 0 Å². The van der Waals surface area contributed by atoms with Crippen molar-refractivity contribution in [2.45, 2.75) is 43.4 Å². The topological polar surface area (TPSA) is 6.48 Å². The van der Waals surface area contributed by atoms with E-state index in [1.54, 1.807) is 0 Å². The highest BCUT2D eigenvalue weighted by Crippen LogP contribution is 2.58. The molecule has 0 amide bonds. The van der Waals surface area contributed by atoms with E-state index in [9.17, 15) is 0 Å². The van der Waals surface area contributed by atoms with E-state index >= 15 is 0 Å². The summed E-state index contributed by atoms with van der Waals surface area (Å²) in [6.07, 6.45) is 6.46. The van der Waals surface area contributed by atoms with Gasteiger partial charge < -0.3 is 9.80 Å². The van der Waals surface area contributed by atoms with Crippen molar-refractivity contribution in [3.8, 4) is 44.5 Å². The summed E-state index contributed by atoms with van der Waals surface area (Å²) in [7, 11) is 0. The molecule has 2 aliphatic carbocycles. The molecule has 0 atom stereocenters. The highest BCUT2D eigenvalue weighted by Gasteiger charge is 2.46. The second-order valence-corrected chi connectivity index (χ2v) is 21.4. The second-order valence-electron chi connectivity index (χ2n) is 21.4. The third-order valence-corrected chi connectivity index (χ3v) is 16.9. The molecule has 0 bridgehead atoms. The molecule has 0 heterocycles. The molecule has 2 aliphatic rings. The quantitative estimate of drug-likeness (QED) is 0.120. The van der Waals surface area contributed by atoms with Gasteiger partial charge in [0, 0.05) is 34.1 Å². The van der Waals surface area contributed by atoms with E-state index in [4.69, 9.17) is 0 Å². The Balaban J connectivity index is 1.07.